The van der Waals surface area contributed by atoms with Crippen molar-refractivity contribution in [2.75, 3.05) is 12.3 Å². The van der Waals surface area contributed by atoms with E-state index in [2.05, 4.69) is 0 Å². The lowest BCUT2D eigenvalue weighted by atomic mass is 10.3. The van der Waals surface area contributed by atoms with Crippen LogP contribution >= 0.6 is 11.8 Å². The average Bonchev–Trinajstić information content (AvgIpc) is 2.50. The molecule has 0 atom stereocenters. The summed E-state index contributed by atoms with van der Waals surface area (Å²) in [5.74, 6) is 0.293. The number of hydrogen-bond donors (Lipinski definition) is 0. The third-order valence-corrected chi connectivity index (χ3v) is 2.72. The fourth-order valence-electron chi connectivity index (χ4n) is 1.05. The van der Waals surface area contributed by atoms with Crippen LogP contribution in [0.5, 0.6) is 0 Å². The summed E-state index contributed by atoms with van der Waals surface area (Å²) in [5.41, 5.74) is 0.0256. The molecule has 1 aliphatic rings. The molecule has 0 aromatic carbocycles. The molecule has 0 aromatic rings. The van der Waals surface area contributed by atoms with E-state index in [1.807, 2.05) is 6.92 Å². The van der Waals surface area contributed by atoms with Gasteiger partial charge in [0.25, 0.3) is 0 Å². The molecule has 0 bridgehead atoms. The molecule has 1 heterocycles. The molecule has 0 aromatic heterocycles. The number of carbonyl (C=O) groups is 1. The Kier molecular flexibility index (Phi) is 2.94. The van der Waals surface area contributed by atoms with Gasteiger partial charge in [-0.25, -0.2) is 0 Å². The summed E-state index contributed by atoms with van der Waals surface area (Å²) in [5, 5.41) is 17.7. The molecule has 0 unspecified atom stereocenters. The summed E-state index contributed by atoms with van der Waals surface area (Å²) in [7, 11) is 0. The van der Waals surface area contributed by atoms with Gasteiger partial charge in [0.05, 0.1) is 5.75 Å². The lowest BCUT2D eigenvalue weighted by molar-refractivity contribution is -0.125. The first-order valence-electron chi connectivity index (χ1n) is 3.72. The van der Waals surface area contributed by atoms with Crippen LogP contribution in [0.15, 0.2) is 10.6 Å². The van der Waals surface area contributed by atoms with Gasteiger partial charge in [0.1, 0.15) is 17.2 Å². The fourth-order valence-corrected chi connectivity index (χ4v) is 2.09. The predicted molar refractivity (Wildman–Crippen MR) is 48.1 cm³/mol. The van der Waals surface area contributed by atoms with Crippen molar-refractivity contribution in [3.8, 4) is 12.1 Å². The lowest BCUT2D eigenvalue weighted by Gasteiger charge is -2.13. The molecular formula is C8H7N3OS. The summed E-state index contributed by atoms with van der Waals surface area (Å²) < 4.78 is 0. The standard InChI is InChI=1S/C8H7N3OS/c1-2-11-7(12)5-13-8(11)6(3-9)4-10/h2,5H2,1H3. The normalized spacial score (nSPS) is 15.5. The molecule has 0 radical (unpaired) electrons. The molecule has 0 aliphatic carbocycles. The smallest absolute Gasteiger partial charge is 0.237 e. The van der Waals surface area contributed by atoms with Gasteiger partial charge < -0.3 is 4.90 Å². The van der Waals surface area contributed by atoms with Crippen molar-refractivity contribution in [3.63, 3.8) is 0 Å². The Labute approximate surface area is 80.4 Å². The predicted octanol–water partition coefficient (Wildman–Crippen LogP) is 0.840. The number of amides is 1. The van der Waals surface area contributed by atoms with Gasteiger partial charge in [0, 0.05) is 6.54 Å². The van der Waals surface area contributed by atoms with Gasteiger partial charge in [-0.1, -0.05) is 11.8 Å². The first-order chi connectivity index (χ1) is 6.24. The molecule has 0 spiro atoms. The van der Waals surface area contributed by atoms with Crippen molar-refractivity contribution in [2.45, 2.75) is 6.92 Å². The second-order valence-electron chi connectivity index (χ2n) is 2.33. The topological polar surface area (TPSA) is 67.9 Å². The summed E-state index contributed by atoms with van der Waals surface area (Å²) in [6.45, 7) is 2.32. The molecule has 66 valence electrons. The maximum Gasteiger partial charge on any atom is 0.237 e. The molecule has 0 N–H and O–H groups in total. The van der Waals surface area contributed by atoms with E-state index in [1.165, 1.54) is 16.7 Å². The molecule has 4 nitrogen and oxygen atoms in total. The largest absolute Gasteiger partial charge is 0.305 e. The van der Waals surface area contributed by atoms with Crippen molar-refractivity contribution in [2.24, 2.45) is 0 Å². The zero-order chi connectivity index (χ0) is 9.84. The van der Waals surface area contributed by atoms with Crippen LogP contribution in [0.4, 0.5) is 0 Å². The van der Waals surface area contributed by atoms with Crippen molar-refractivity contribution in [1.29, 1.82) is 10.5 Å². The minimum atomic E-state index is -0.0366. The summed E-state index contributed by atoms with van der Waals surface area (Å²) in [6.07, 6.45) is 0. The van der Waals surface area contributed by atoms with E-state index in [4.69, 9.17) is 10.5 Å². The zero-order valence-corrected chi connectivity index (χ0v) is 7.89. The minimum absolute atomic E-state index is 0.0256. The highest BCUT2D eigenvalue weighted by atomic mass is 32.2. The van der Waals surface area contributed by atoms with E-state index >= 15 is 0 Å². The highest BCUT2D eigenvalue weighted by Crippen LogP contribution is 2.30. The van der Waals surface area contributed by atoms with Gasteiger partial charge >= 0.3 is 0 Å². The second kappa shape index (κ2) is 3.97. The highest BCUT2D eigenvalue weighted by Gasteiger charge is 2.27. The Morgan fingerprint density at radius 3 is 2.69 bits per heavy atom. The van der Waals surface area contributed by atoms with Gasteiger partial charge in [-0.15, -0.1) is 0 Å². The monoisotopic (exact) mass is 193 g/mol. The van der Waals surface area contributed by atoms with Crippen molar-refractivity contribution < 1.29 is 4.79 Å². The third kappa shape index (κ3) is 1.66. The van der Waals surface area contributed by atoms with Gasteiger partial charge in [-0.3, -0.25) is 4.79 Å². The van der Waals surface area contributed by atoms with Crippen LogP contribution in [0.3, 0.4) is 0 Å². The number of allylic oxidation sites excluding steroid dienone is 1. The molecule has 1 amide bonds. The van der Waals surface area contributed by atoms with E-state index in [1.54, 1.807) is 12.1 Å². The van der Waals surface area contributed by atoms with Crippen LogP contribution < -0.4 is 0 Å². The molecular weight excluding hydrogens is 186 g/mol. The first kappa shape index (κ1) is 9.63. The van der Waals surface area contributed by atoms with Gasteiger partial charge in [0.2, 0.25) is 5.91 Å². The van der Waals surface area contributed by atoms with Crippen LogP contribution in [-0.2, 0) is 4.79 Å². The summed E-state index contributed by atoms with van der Waals surface area (Å²) >= 11 is 1.25. The Morgan fingerprint density at radius 1 is 1.62 bits per heavy atom. The third-order valence-electron chi connectivity index (χ3n) is 1.63. The van der Waals surface area contributed by atoms with Gasteiger partial charge in [0.15, 0.2) is 5.57 Å². The second-order valence-corrected chi connectivity index (χ2v) is 3.29. The number of rotatable bonds is 1. The van der Waals surface area contributed by atoms with Crippen LogP contribution in [0, 0.1) is 22.7 Å². The zero-order valence-electron chi connectivity index (χ0n) is 7.07. The molecule has 0 saturated carbocycles. The fraction of sp³-hybridized carbons (Fsp3) is 0.375. The molecule has 1 aliphatic heterocycles. The van der Waals surface area contributed by atoms with Crippen LogP contribution in [0.25, 0.3) is 0 Å². The Bertz CT molecular complexity index is 331. The average molecular weight is 193 g/mol. The minimum Gasteiger partial charge on any atom is -0.305 e. The number of hydrogen-bond acceptors (Lipinski definition) is 4. The van der Waals surface area contributed by atoms with Crippen LogP contribution in [0.1, 0.15) is 6.92 Å². The van der Waals surface area contributed by atoms with E-state index in [9.17, 15) is 4.79 Å². The molecule has 1 rings (SSSR count). The van der Waals surface area contributed by atoms with Crippen LogP contribution in [0.2, 0.25) is 0 Å². The summed E-state index contributed by atoms with van der Waals surface area (Å²) in [4.78, 5) is 12.7. The maximum atomic E-state index is 11.2. The Balaban J connectivity index is 3.08. The quantitative estimate of drug-likeness (QED) is 0.579. The SMILES string of the molecule is CCN1C(=O)CSC1=C(C#N)C#N. The number of carbonyl (C=O) groups excluding carboxylic acids is 1. The van der Waals surface area contributed by atoms with Gasteiger partial charge in [-0.2, -0.15) is 10.5 Å². The van der Waals surface area contributed by atoms with Crippen molar-refractivity contribution in [3.05, 3.63) is 10.6 Å². The van der Waals surface area contributed by atoms with Crippen molar-refractivity contribution in [1.82, 2.24) is 4.90 Å². The van der Waals surface area contributed by atoms with E-state index in [0.717, 1.165) is 0 Å². The number of nitriles is 2. The van der Waals surface area contributed by atoms with E-state index in [-0.39, 0.29) is 11.5 Å². The molecule has 1 saturated heterocycles. The van der Waals surface area contributed by atoms with Crippen LogP contribution in [-0.4, -0.2) is 23.1 Å². The summed E-state index contributed by atoms with van der Waals surface area (Å²) in [6, 6.07) is 3.56. The maximum absolute atomic E-state index is 11.2. The number of thioether (sulfide) groups is 1. The Hall–Kier alpha value is -1.46. The highest BCUT2D eigenvalue weighted by molar-refractivity contribution is 8.04. The van der Waals surface area contributed by atoms with Gasteiger partial charge in [-0.05, 0) is 6.92 Å². The van der Waals surface area contributed by atoms with Crippen molar-refractivity contribution >= 4 is 17.7 Å². The van der Waals surface area contributed by atoms with E-state index < -0.39 is 0 Å². The van der Waals surface area contributed by atoms with E-state index in [0.29, 0.717) is 17.3 Å². The number of nitrogens with zero attached hydrogens (tertiary/aromatic N) is 3. The lowest BCUT2D eigenvalue weighted by Crippen LogP contribution is -2.24. The molecule has 13 heavy (non-hydrogen) atoms. The molecule has 1 fully saturated rings. The molecule has 5 heteroatoms. The Morgan fingerprint density at radius 2 is 2.23 bits per heavy atom. The first-order valence-corrected chi connectivity index (χ1v) is 4.70.